The molecule has 0 aliphatic rings. The van der Waals surface area contributed by atoms with Crippen LogP contribution in [0.3, 0.4) is 0 Å². The lowest BCUT2D eigenvalue weighted by atomic mass is 10.0. The number of halogens is 4. The zero-order chi connectivity index (χ0) is 27.0. The van der Waals surface area contributed by atoms with Gasteiger partial charge in [0.2, 0.25) is 11.9 Å². The van der Waals surface area contributed by atoms with Crippen LogP contribution in [0, 0.1) is 17.5 Å². The molecule has 0 radical (unpaired) electrons. The third kappa shape index (κ3) is 5.11. The summed E-state index contributed by atoms with van der Waals surface area (Å²) in [7, 11) is 0. The van der Waals surface area contributed by atoms with Gasteiger partial charge in [-0.05, 0) is 37.1 Å². The summed E-state index contributed by atoms with van der Waals surface area (Å²) in [6, 6.07) is 3.95. The Bertz CT molecular complexity index is 1590. The maximum atomic E-state index is 14.9. The van der Waals surface area contributed by atoms with E-state index in [1.807, 2.05) is 0 Å². The first-order valence-electron chi connectivity index (χ1n) is 10.8. The Kier molecular flexibility index (Phi) is 6.90. The minimum Gasteiger partial charge on any atom is -0.382 e. The monoisotopic (exact) mass is 532 g/mol. The predicted octanol–water partition coefficient (Wildman–Crippen LogP) is 3.00. The quantitative estimate of drug-likeness (QED) is 0.281. The topological polar surface area (TPSA) is 168 Å². The van der Waals surface area contributed by atoms with Gasteiger partial charge in [-0.15, -0.1) is 0 Å². The van der Waals surface area contributed by atoms with Gasteiger partial charge in [0.15, 0.2) is 5.82 Å². The molecule has 0 aliphatic heterocycles. The molecule has 0 saturated heterocycles. The number of carbonyl (C=O) groups excluding carboxylic acids is 1. The summed E-state index contributed by atoms with van der Waals surface area (Å²) in [5.41, 5.74) is 15.5. The smallest absolute Gasteiger partial charge is 0.266 e. The van der Waals surface area contributed by atoms with Crippen molar-refractivity contribution in [3.05, 3.63) is 74.5 Å². The molecule has 14 heteroatoms. The van der Waals surface area contributed by atoms with Crippen LogP contribution in [0.15, 0.2) is 35.1 Å². The molecule has 4 aromatic rings. The molecule has 2 aromatic carbocycles. The van der Waals surface area contributed by atoms with E-state index in [0.29, 0.717) is 6.07 Å². The molecular formula is C23H20ClF3N8O2. The van der Waals surface area contributed by atoms with Gasteiger partial charge < -0.3 is 22.5 Å². The van der Waals surface area contributed by atoms with Gasteiger partial charge >= 0.3 is 0 Å². The molecular weight excluding hydrogens is 513 g/mol. The van der Waals surface area contributed by atoms with Crippen molar-refractivity contribution >= 4 is 46.0 Å². The molecule has 0 fully saturated rings. The molecule has 2 heterocycles. The number of hydrogen-bond acceptors (Lipinski definition) is 8. The molecule has 1 atom stereocenters. The van der Waals surface area contributed by atoms with Gasteiger partial charge in [-0.3, -0.25) is 14.2 Å². The van der Waals surface area contributed by atoms with Crippen molar-refractivity contribution in [2.75, 3.05) is 16.8 Å². The number of nitrogens with zero attached hydrogens (tertiary/aromatic N) is 4. The predicted molar refractivity (Wildman–Crippen MR) is 133 cm³/mol. The lowest BCUT2D eigenvalue weighted by molar-refractivity contribution is -0.117. The number of rotatable bonds is 7. The molecule has 2 aromatic heterocycles. The standard InChI is InChI=1S/C23H20ClF3N8O2/c1-9(31-20-17(24)19(29)33-23(30)34-20)21-32-18-14(27)4-2-10(3-5-15(28)36)16(18)22(37)35(21)13-7-11(25)6-12(26)8-13/h2,4,6-9H,3,5H2,1H3,(H2,28,36)(H5,29,30,31,33,34)/t9-/m0/s1. The fourth-order valence-corrected chi connectivity index (χ4v) is 4.00. The second kappa shape index (κ2) is 9.93. The van der Waals surface area contributed by atoms with E-state index < -0.39 is 35.0 Å². The van der Waals surface area contributed by atoms with E-state index in [9.17, 15) is 22.8 Å². The van der Waals surface area contributed by atoms with Crippen molar-refractivity contribution in [3.8, 4) is 5.69 Å². The van der Waals surface area contributed by atoms with Crippen LogP contribution < -0.4 is 28.1 Å². The number of anilines is 3. The van der Waals surface area contributed by atoms with Crippen molar-refractivity contribution in [2.45, 2.75) is 25.8 Å². The maximum absolute atomic E-state index is 14.9. The normalized spacial score (nSPS) is 12.0. The van der Waals surface area contributed by atoms with Crippen molar-refractivity contribution in [1.82, 2.24) is 19.5 Å². The first kappa shape index (κ1) is 25.7. The third-order valence-electron chi connectivity index (χ3n) is 5.47. The zero-order valence-corrected chi connectivity index (χ0v) is 20.0. The molecule has 0 saturated carbocycles. The van der Waals surface area contributed by atoms with Crippen LogP contribution in [0.2, 0.25) is 5.02 Å². The molecule has 37 heavy (non-hydrogen) atoms. The van der Waals surface area contributed by atoms with Crippen LogP contribution in [0.1, 0.15) is 30.8 Å². The number of primary amides is 1. The van der Waals surface area contributed by atoms with E-state index in [1.165, 1.54) is 13.0 Å². The Morgan fingerprint density at radius 1 is 1.11 bits per heavy atom. The molecule has 192 valence electrons. The molecule has 0 spiro atoms. The van der Waals surface area contributed by atoms with Crippen molar-refractivity contribution in [3.63, 3.8) is 0 Å². The SMILES string of the molecule is C[C@H](Nc1nc(N)nc(N)c1Cl)c1nc2c(F)ccc(CCC(N)=O)c2c(=O)n1-c1cc(F)cc(F)c1. The number of aryl methyl sites for hydroxylation is 1. The summed E-state index contributed by atoms with van der Waals surface area (Å²) in [4.78, 5) is 37.2. The second-order valence-corrected chi connectivity index (χ2v) is 8.51. The lowest BCUT2D eigenvalue weighted by Gasteiger charge is -2.21. The highest BCUT2D eigenvalue weighted by Crippen LogP contribution is 2.30. The van der Waals surface area contributed by atoms with Gasteiger partial charge in [0, 0.05) is 12.5 Å². The molecule has 10 nitrogen and oxygen atoms in total. The number of nitrogens with one attached hydrogen (secondary N) is 1. The van der Waals surface area contributed by atoms with E-state index in [4.69, 9.17) is 28.8 Å². The Morgan fingerprint density at radius 3 is 2.43 bits per heavy atom. The molecule has 1 amide bonds. The number of nitrogens with two attached hydrogens (primary N) is 3. The Balaban J connectivity index is 2.00. The number of amides is 1. The fourth-order valence-electron chi connectivity index (χ4n) is 3.86. The first-order valence-corrected chi connectivity index (χ1v) is 11.2. The average Bonchev–Trinajstić information content (AvgIpc) is 2.81. The van der Waals surface area contributed by atoms with E-state index in [1.54, 1.807) is 0 Å². The Morgan fingerprint density at radius 2 is 1.78 bits per heavy atom. The summed E-state index contributed by atoms with van der Waals surface area (Å²) < 4.78 is 44.2. The van der Waals surface area contributed by atoms with Crippen LogP contribution in [0.4, 0.5) is 30.8 Å². The van der Waals surface area contributed by atoms with Crippen LogP contribution in [-0.4, -0.2) is 25.4 Å². The maximum Gasteiger partial charge on any atom is 0.266 e. The number of fused-ring (bicyclic) bond motifs is 1. The number of benzene rings is 2. The highest BCUT2D eigenvalue weighted by Gasteiger charge is 2.24. The molecule has 7 N–H and O–H groups in total. The van der Waals surface area contributed by atoms with Crippen molar-refractivity contribution in [2.24, 2.45) is 5.73 Å². The second-order valence-electron chi connectivity index (χ2n) is 8.13. The van der Waals surface area contributed by atoms with E-state index in [0.717, 1.165) is 22.8 Å². The minimum absolute atomic E-state index is 0.0128. The van der Waals surface area contributed by atoms with E-state index in [2.05, 4.69) is 20.3 Å². The van der Waals surface area contributed by atoms with Gasteiger partial charge in [0.1, 0.15) is 39.6 Å². The number of hydrogen-bond donors (Lipinski definition) is 4. The molecule has 0 bridgehead atoms. The van der Waals surface area contributed by atoms with Crippen molar-refractivity contribution < 1.29 is 18.0 Å². The minimum atomic E-state index is -0.957. The lowest BCUT2D eigenvalue weighted by Crippen LogP contribution is -2.29. The highest BCUT2D eigenvalue weighted by atomic mass is 35.5. The van der Waals surface area contributed by atoms with E-state index >= 15 is 0 Å². The summed E-state index contributed by atoms with van der Waals surface area (Å²) in [5, 5.41) is 2.63. The third-order valence-corrected chi connectivity index (χ3v) is 5.84. The van der Waals surface area contributed by atoms with Gasteiger partial charge in [-0.25, -0.2) is 18.2 Å². The first-order chi connectivity index (χ1) is 17.5. The van der Waals surface area contributed by atoms with Crippen molar-refractivity contribution in [1.29, 1.82) is 0 Å². The summed E-state index contributed by atoms with van der Waals surface area (Å²) in [6.07, 6.45) is -0.105. The fraction of sp³-hybridized carbons (Fsp3) is 0.174. The van der Waals surface area contributed by atoms with Gasteiger partial charge in [-0.2, -0.15) is 9.97 Å². The number of aromatic nitrogens is 4. The van der Waals surface area contributed by atoms with Gasteiger partial charge in [0.05, 0.1) is 17.1 Å². The molecule has 4 rings (SSSR count). The van der Waals surface area contributed by atoms with E-state index in [-0.39, 0.29) is 63.4 Å². The number of carbonyl (C=O) groups is 1. The average molecular weight is 533 g/mol. The largest absolute Gasteiger partial charge is 0.382 e. The molecule has 0 unspecified atom stereocenters. The van der Waals surface area contributed by atoms with Crippen LogP contribution in [-0.2, 0) is 11.2 Å². The van der Waals surface area contributed by atoms with Crippen LogP contribution >= 0.6 is 11.6 Å². The molecule has 0 aliphatic carbocycles. The van der Waals surface area contributed by atoms with Gasteiger partial charge in [0.25, 0.3) is 5.56 Å². The summed E-state index contributed by atoms with van der Waals surface area (Å²) in [6.45, 7) is 1.53. The highest BCUT2D eigenvalue weighted by molar-refractivity contribution is 6.35. The summed E-state index contributed by atoms with van der Waals surface area (Å²) in [5.74, 6) is -3.84. The zero-order valence-electron chi connectivity index (χ0n) is 19.2. The number of nitrogen functional groups attached to an aromatic ring is 2. The van der Waals surface area contributed by atoms with Gasteiger partial charge in [-0.1, -0.05) is 17.7 Å². The van der Waals surface area contributed by atoms with Crippen LogP contribution in [0.5, 0.6) is 0 Å². The van der Waals surface area contributed by atoms with Crippen LogP contribution in [0.25, 0.3) is 16.6 Å². The summed E-state index contributed by atoms with van der Waals surface area (Å²) >= 11 is 6.17. The Hall–Kier alpha value is -4.39. The Labute approximate surface area is 212 Å².